The maximum absolute atomic E-state index is 14.1. The molecule has 0 bridgehead atoms. The number of piperidine rings is 1. The van der Waals surface area contributed by atoms with Crippen molar-refractivity contribution < 1.29 is 9.59 Å². The van der Waals surface area contributed by atoms with Crippen LogP contribution in [0.4, 0.5) is 0 Å². The lowest BCUT2D eigenvalue weighted by molar-refractivity contribution is -0.145. The van der Waals surface area contributed by atoms with Crippen LogP contribution in [0.3, 0.4) is 0 Å². The molecule has 1 fully saturated rings. The van der Waals surface area contributed by atoms with Gasteiger partial charge in [-0.3, -0.25) is 9.59 Å². The first-order valence-corrected chi connectivity index (χ1v) is 12.2. The van der Waals surface area contributed by atoms with Gasteiger partial charge in [-0.25, -0.2) is 0 Å². The van der Waals surface area contributed by atoms with Gasteiger partial charge in [-0.2, -0.15) is 0 Å². The topological polar surface area (TPSA) is 40.6 Å². The van der Waals surface area contributed by atoms with Gasteiger partial charge in [-0.1, -0.05) is 72.3 Å². The number of carbonyl (C=O) groups is 2. The van der Waals surface area contributed by atoms with E-state index in [4.69, 9.17) is 0 Å². The van der Waals surface area contributed by atoms with Crippen molar-refractivity contribution in [1.82, 2.24) is 9.80 Å². The fourth-order valence-corrected chi connectivity index (χ4v) is 5.62. The average molecular weight is 453 g/mol. The molecule has 0 atom stereocenters. The summed E-state index contributed by atoms with van der Waals surface area (Å²) in [5.41, 5.74) is 6.13. The molecule has 174 valence electrons. The van der Waals surface area contributed by atoms with Gasteiger partial charge in [0.2, 0.25) is 5.91 Å². The lowest BCUT2D eigenvalue weighted by Crippen LogP contribution is -2.51. The summed E-state index contributed by atoms with van der Waals surface area (Å²) in [6, 6.07) is 24.7. The van der Waals surface area contributed by atoms with Gasteiger partial charge in [0.1, 0.15) is 0 Å². The molecule has 0 saturated carbocycles. The van der Waals surface area contributed by atoms with Crippen LogP contribution in [0.15, 0.2) is 72.8 Å². The minimum absolute atomic E-state index is 0.0787. The van der Waals surface area contributed by atoms with E-state index in [0.29, 0.717) is 39.0 Å². The van der Waals surface area contributed by atoms with Crippen molar-refractivity contribution in [1.29, 1.82) is 0 Å². The van der Waals surface area contributed by atoms with E-state index in [1.807, 2.05) is 54.0 Å². The maximum atomic E-state index is 14.1. The van der Waals surface area contributed by atoms with Gasteiger partial charge in [-0.05, 0) is 61.4 Å². The smallest absolute Gasteiger partial charge is 0.254 e. The van der Waals surface area contributed by atoms with Crippen LogP contribution in [0.1, 0.15) is 51.0 Å². The number of hydrogen-bond acceptors (Lipinski definition) is 2. The second-order valence-electron chi connectivity index (χ2n) is 9.98. The molecule has 2 aliphatic heterocycles. The van der Waals surface area contributed by atoms with Crippen molar-refractivity contribution >= 4 is 11.8 Å². The highest BCUT2D eigenvalue weighted by molar-refractivity contribution is 5.96. The van der Waals surface area contributed by atoms with E-state index in [1.165, 1.54) is 11.1 Å². The highest BCUT2D eigenvalue weighted by Crippen LogP contribution is 2.41. The number of likely N-dealkylation sites (tertiary alicyclic amines) is 1. The van der Waals surface area contributed by atoms with E-state index in [0.717, 1.165) is 28.7 Å². The molecule has 4 heteroatoms. The third-order valence-corrected chi connectivity index (χ3v) is 7.59. The third kappa shape index (κ3) is 4.25. The minimum atomic E-state index is -0.458. The van der Waals surface area contributed by atoms with Gasteiger partial charge in [0.25, 0.3) is 5.91 Å². The number of fused-ring (bicyclic) bond motifs is 1. The molecule has 0 aromatic heterocycles. The maximum Gasteiger partial charge on any atom is 0.254 e. The van der Waals surface area contributed by atoms with Crippen molar-refractivity contribution in [3.05, 3.63) is 106 Å². The summed E-state index contributed by atoms with van der Waals surface area (Å²) in [5, 5.41) is 0. The van der Waals surface area contributed by atoms with Crippen LogP contribution < -0.4 is 0 Å². The fraction of sp³-hybridized carbons (Fsp3) is 0.333. The molecular formula is C30H32N2O2. The van der Waals surface area contributed by atoms with Crippen LogP contribution in [-0.4, -0.2) is 34.7 Å². The molecule has 2 aliphatic rings. The molecule has 5 rings (SSSR count). The number of carbonyl (C=O) groups excluding carboxylic acids is 2. The van der Waals surface area contributed by atoms with Crippen molar-refractivity contribution in [2.45, 2.75) is 46.2 Å². The Morgan fingerprint density at radius 3 is 2.26 bits per heavy atom. The van der Waals surface area contributed by atoms with Gasteiger partial charge in [0.15, 0.2) is 0 Å². The van der Waals surface area contributed by atoms with Crippen molar-refractivity contribution in [2.24, 2.45) is 5.41 Å². The van der Waals surface area contributed by atoms with Gasteiger partial charge in [0, 0.05) is 31.7 Å². The summed E-state index contributed by atoms with van der Waals surface area (Å²) in [6.45, 7) is 6.51. The quantitative estimate of drug-likeness (QED) is 0.540. The van der Waals surface area contributed by atoms with Crippen LogP contribution in [0.5, 0.6) is 0 Å². The molecule has 3 aromatic rings. The first-order valence-electron chi connectivity index (χ1n) is 12.2. The molecule has 2 amide bonds. The van der Waals surface area contributed by atoms with Gasteiger partial charge >= 0.3 is 0 Å². The van der Waals surface area contributed by atoms with E-state index < -0.39 is 5.41 Å². The molecule has 34 heavy (non-hydrogen) atoms. The molecule has 1 saturated heterocycles. The molecule has 1 spiro atoms. The van der Waals surface area contributed by atoms with Gasteiger partial charge in [0.05, 0.1) is 5.41 Å². The molecule has 4 nitrogen and oxygen atoms in total. The predicted octanol–water partition coefficient (Wildman–Crippen LogP) is 5.31. The summed E-state index contributed by atoms with van der Waals surface area (Å²) in [7, 11) is 0. The number of amides is 2. The second-order valence-corrected chi connectivity index (χ2v) is 9.98. The summed E-state index contributed by atoms with van der Waals surface area (Å²) in [6.07, 6.45) is 2.14. The Bertz CT molecular complexity index is 1210. The number of rotatable bonds is 3. The number of nitrogens with zero attached hydrogens (tertiary/aromatic N) is 2. The molecule has 0 radical (unpaired) electrons. The highest BCUT2D eigenvalue weighted by Gasteiger charge is 2.46. The normalized spacial score (nSPS) is 17.4. The fourth-order valence-electron chi connectivity index (χ4n) is 5.62. The lowest BCUT2D eigenvalue weighted by atomic mass is 9.72. The van der Waals surface area contributed by atoms with Crippen molar-refractivity contribution in [2.75, 3.05) is 13.1 Å². The monoisotopic (exact) mass is 452 g/mol. The standard InChI is InChI=1S/C30H32N2O2/c1-22-12-13-27(23(2)18-22)28(33)31-16-14-30(15-17-31)19-25-10-6-7-11-26(25)21-32(29(30)34)20-24-8-4-3-5-9-24/h3-13,18H,14-17,19-21H2,1-2H3. The Balaban J connectivity index is 1.40. The second kappa shape index (κ2) is 9.09. The van der Waals surface area contributed by atoms with E-state index in [1.54, 1.807) is 0 Å². The minimum Gasteiger partial charge on any atom is -0.339 e. The highest BCUT2D eigenvalue weighted by atomic mass is 16.2. The molecule has 0 unspecified atom stereocenters. The number of benzene rings is 3. The van der Waals surface area contributed by atoms with Crippen LogP contribution >= 0.6 is 0 Å². The zero-order valence-corrected chi connectivity index (χ0v) is 20.1. The lowest BCUT2D eigenvalue weighted by Gasteiger charge is -2.42. The Hall–Kier alpha value is -3.40. The van der Waals surface area contributed by atoms with Gasteiger partial charge in [-0.15, -0.1) is 0 Å². The van der Waals surface area contributed by atoms with E-state index in [2.05, 4.69) is 42.5 Å². The van der Waals surface area contributed by atoms with E-state index >= 15 is 0 Å². The van der Waals surface area contributed by atoms with E-state index in [-0.39, 0.29) is 11.8 Å². The molecular weight excluding hydrogens is 420 g/mol. The van der Waals surface area contributed by atoms with Crippen LogP contribution in [0, 0.1) is 19.3 Å². The van der Waals surface area contributed by atoms with Crippen LogP contribution in [0.25, 0.3) is 0 Å². The zero-order chi connectivity index (χ0) is 23.7. The SMILES string of the molecule is Cc1ccc(C(=O)N2CCC3(CC2)Cc2ccccc2CN(Cc2ccccc2)C3=O)c(C)c1. The van der Waals surface area contributed by atoms with E-state index in [9.17, 15) is 9.59 Å². The summed E-state index contributed by atoms with van der Waals surface area (Å²) in [4.78, 5) is 31.3. The molecule has 3 aromatic carbocycles. The first-order chi connectivity index (χ1) is 16.4. The Kier molecular flexibility index (Phi) is 5.99. The molecule has 0 aliphatic carbocycles. The average Bonchev–Trinajstić information content (AvgIpc) is 2.95. The largest absolute Gasteiger partial charge is 0.339 e. The Morgan fingerprint density at radius 1 is 0.882 bits per heavy atom. The number of hydrogen-bond donors (Lipinski definition) is 0. The van der Waals surface area contributed by atoms with Gasteiger partial charge < -0.3 is 9.80 Å². The number of aryl methyl sites for hydroxylation is 2. The van der Waals surface area contributed by atoms with Crippen molar-refractivity contribution in [3.63, 3.8) is 0 Å². The van der Waals surface area contributed by atoms with Crippen LogP contribution in [0.2, 0.25) is 0 Å². The third-order valence-electron chi connectivity index (χ3n) is 7.59. The predicted molar refractivity (Wildman–Crippen MR) is 134 cm³/mol. The summed E-state index contributed by atoms with van der Waals surface area (Å²) in [5.74, 6) is 0.307. The summed E-state index contributed by atoms with van der Waals surface area (Å²) >= 11 is 0. The molecule has 2 heterocycles. The zero-order valence-electron chi connectivity index (χ0n) is 20.1. The van der Waals surface area contributed by atoms with Crippen LogP contribution in [-0.2, 0) is 24.3 Å². The molecule has 0 N–H and O–H groups in total. The Morgan fingerprint density at radius 2 is 1.56 bits per heavy atom. The first kappa shape index (κ1) is 22.4. The Labute approximate surface area is 202 Å². The summed E-state index contributed by atoms with van der Waals surface area (Å²) < 4.78 is 0. The van der Waals surface area contributed by atoms with Crippen molar-refractivity contribution in [3.8, 4) is 0 Å².